The minimum absolute atomic E-state index is 0.102. The summed E-state index contributed by atoms with van der Waals surface area (Å²) in [5.41, 5.74) is 2.34. The summed E-state index contributed by atoms with van der Waals surface area (Å²) in [5.74, 6) is 1.33. The van der Waals surface area contributed by atoms with E-state index in [2.05, 4.69) is 15.6 Å². The third-order valence-electron chi connectivity index (χ3n) is 5.29. The summed E-state index contributed by atoms with van der Waals surface area (Å²) in [6.45, 7) is 2.82. The summed E-state index contributed by atoms with van der Waals surface area (Å²) in [7, 11) is 0. The number of para-hydroxylation sites is 1. The third-order valence-corrected chi connectivity index (χ3v) is 5.29. The Bertz CT molecular complexity index is 773. The molecule has 1 aromatic carbocycles. The van der Waals surface area contributed by atoms with Gasteiger partial charge in [-0.2, -0.15) is 0 Å². The first-order valence-electron chi connectivity index (χ1n) is 9.12. The van der Waals surface area contributed by atoms with Crippen molar-refractivity contribution in [2.75, 3.05) is 11.9 Å². The van der Waals surface area contributed by atoms with E-state index in [0.717, 1.165) is 42.8 Å². The lowest BCUT2D eigenvalue weighted by molar-refractivity contribution is -0.126. The molecule has 1 saturated carbocycles. The van der Waals surface area contributed by atoms with Crippen LogP contribution < -0.4 is 10.6 Å². The van der Waals surface area contributed by atoms with E-state index >= 15 is 0 Å². The average Bonchev–Trinajstić information content (AvgIpc) is 3.46. The molecular weight excluding hydrogens is 312 g/mol. The number of aryl methyl sites for hydroxylation is 1. The van der Waals surface area contributed by atoms with Crippen LogP contribution in [-0.4, -0.2) is 22.4 Å². The molecule has 25 heavy (non-hydrogen) atoms. The molecule has 4 rings (SSSR count). The van der Waals surface area contributed by atoms with Gasteiger partial charge in [0, 0.05) is 18.4 Å². The molecule has 1 unspecified atom stereocenters. The Morgan fingerprint density at radius 1 is 1.28 bits per heavy atom. The Hall–Kier alpha value is -2.43. The molecule has 1 fully saturated rings. The summed E-state index contributed by atoms with van der Waals surface area (Å²) >= 11 is 0. The normalized spacial score (nSPS) is 22.1. The molecule has 1 amide bonds. The molecule has 1 atom stereocenters. The number of benzene rings is 1. The minimum atomic E-state index is -0.571. The summed E-state index contributed by atoms with van der Waals surface area (Å²) < 4.78 is 0. The van der Waals surface area contributed by atoms with E-state index in [1.54, 1.807) is 0 Å². The maximum Gasteiger partial charge on any atom is 0.231 e. The maximum absolute atomic E-state index is 12.9. The van der Waals surface area contributed by atoms with Crippen LogP contribution >= 0.6 is 0 Å². The number of carbonyl (C=O) groups excluding carboxylic acids is 1. The van der Waals surface area contributed by atoms with Gasteiger partial charge in [0.15, 0.2) is 0 Å². The molecule has 0 aliphatic heterocycles. The highest BCUT2D eigenvalue weighted by atomic mass is 16.2. The second-order valence-electron chi connectivity index (χ2n) is 7.40. The van der Waals surface area contributed by atoms with E-state index in [-0.39, 0.29) is 5.91 Å². The second-order valence-corrected chi connectivity index (χ2v) is 7.40. The molecule has 0 saturated heterocycles. The standard InChI is InChI=1S/C20H24N4O/c1-20(18(25)21-12-14-9-10-14)11-5-6-15-13-22-19(24-17(15)20)23-16-7-3-2-4-8-16/h2-4,7-8,13-14H,5-6,9-12H2,1H3,(H,21,25)(H,22,23,24). The van der Waals surface area contributed by atoms with Gasteiger partial charge in [-0.3, -0.25) is 4.79 Å². The molecular formula is C20H24N4O. The fourth-order valence-electron chi connectivity index (χ4n) is 3.50. The topological polar surface area (TPSA) is 66.9 Å². The number of rotatable bonds is 5. The number of aromatic nitrogens is 2. The van der Waals surface area contributed by atoms with Gasteiger partial charge in [0.05, 0.1) is 11.1 Å². The van der Waals surface area contributed by atoms with Gasteiger partial charge in [-0.15, -0.1) is 0 Å². The Labute approximate surface area is 148 Å². The van der Waals surface area contributed by atoms with Gasteiger partial charge in [-0.05, 0) is 62.6 Å². The van der Waals surface area contributed by atoms with Crippen molar-refractivity contribution in [2.45, 2.75) is 44.4 Å². The van der Waals surface area contributed by atoms with Gasteiger partial charge in [0.25, 0.3) is 0 Å². The van der Waals surface area contributed by atoms with E-state index in [1.807, 2.05) is 43.5 Å². The van der Waals surface area contributed by atoms with E-state index in [9.17, 15) is 4.79 Å². The highest BCUT2D eigenvalue weighted by molar-refractivity contribution is 5.88. The van der Waals surface area contributed by atoms with Crippen molar-refractivity contribution in [3.63, 3.8) is 0 Å². The number of nitrogens with one attached hydrogen (secondary N) is 2. The zero-order valence-corrected chi connectivity index (χ0v) is 14.6. The molecule has 1 heterocycles. The number of carbonyl (C=O) groups is 1. The summed E-state index contributed by atoms with van der Waals surface area (Å²) in [6.07, 6.45) is 7.11. The van der Waals surface area contributed by atoms with Crippen LogP contribution in [0.1, 0.15) is 43.9 Å². The molecule has 2 aromatic rings. The van der Waals surface area contributed by atoms with Crippen LogP contribution in [0.2, 0.25) is 0 Å². The summed E-state index contributed by atoms with van der Waals surface area (Å²) in [6, 6.07) is 9.86. The number of hydrogen-bond acceptors (Lipinski definition) is 4. The monoisotopic (exact) mass is 336 g/mol. The van der Waals surface area contributed by atoms with E-state index in [0.29, 0.717) is 11.9 Å². The lowest BCUT2D eigenvalue weighted by atomic mass is 9.74. The van der Waals surface area contributed by atoms with Crippen molar-refractivity contribution < 1.29 is 4.79 Å². The number of hydrogen-bond donors (Lipinski definition) is 2. The van der Waals surface area contributed by atoms with E-state index < -0.39 is 5.41 Å². The van der Waals surface area contributed by atoms with Crippen LogP contribution in [0.3, 0.4) is 0 Å². The van der Waals surface area contributed by atoms with Crippen molar-refractivity contribution >= 4 is 17.5 Å². The predicted octanol–water partition coefficient (Wildman–Crippen LogP) is 3.34. The number of nitrogens with zero attached hydrogens (tertiary/aromatic N) is 2. The van der Waals surface area contributed by atoms with Crippen LogP contribution in [0.4, 0.5) is 11.6 Å². The molecule has 0 spiro atoms. The smallest absolute Gasteiger partial charge is 0.231 e. The van der Waals surface area contributed by atoms with Crippen molar-refractivity contribution in [3.8, 4) is 0 Å². The van der Waals surface area contributed by atoms with Gasteiger partial charge in [-0.25, -0.2) is 9.97 Å². The molecule has 0 bridgehead atoms. The largest absolute Gasteiger partial charge is 0.355 e. The second kappa shape index (κ2) is 6.47. The zero-order chi connectivity index (χ0) is 17.3. The predicted molar refractivity (Wildman–Crippen MR) is 97.8 cm³/mol. The van der Waals surface area contributed by atoms with Crippen molar-refractivity contribution in [1.29, 1.82) is 0 Å². The molecule has 5 heteroatoms. The minimum Gasteiger partial charge on any atom is -0.355 e. The summed E-state index contributed by atoms with van der Waals surface area (Å²) in [4.78, 5) is 22.1. The first-order chi connectivity index (χ1) is 12.1. The fraction of sp³-hybridized carbons (Fsp3) is 0.450. The van der Waals surface area contributed by atoms with Crippen LogP contribution in [0, 0.1) is 5.92 Å². The van der Waals surface area contributed by atoms with Gasteiger partial charge in [0.2, 0.25) is 11.9 Å². The molecule has 0 radical (unpaired) electrons. The molecule has 2 N–H and O–H groups in total. The van der Waals surface area contributed by atoms with Gasteiger partial charge in [0.1, 0.15) is 0 Å². The Morgan fingerprint density at radius 3 is 2.84 bits per heavy atom. The third kappa shape index (κ3) is 3.36. The van der Waals surface area contributed by atoms with Crippen molar-refractivity contribution in [3.05, 3.63) is 47.8 Å². The van der Waals surface area contributed by atoms with E-state index in [4.69, 9.17) is 4.98 Å². The van der Waals surface area contributed by atoms with E-state index in [1.165, 1.54) is 12.8 Å². The Balaban J connectivity index is 1.60. The quantitative estimate of drug-likeness (QED) is 0.879. The van der Waals surface area contributed by atoms with Crippen LogP contribution in [0.25, 0.3) is 0 Å². The van der Waals surface area contributed by atoms with Crippen molar-refractivity contribution in [1.82, 2.24) is 15.3 Å². The first kappa shape index (κ1) is 16.1. The highest BCUT2D eigenvalue weighted by Crippen LogP contribution is 2.37. The van der Waals surface area contributed by atoms with Crippen LogP contribution in [0.5, 0.6) is 0 Å². The Morgan fingerprint density at radius 2 is 2.08 bits per heavy atom. The molecule has 2 aliphatic rings. The van der Waals surface area contributed by atoms with Crippen LogP contribution in [0.15, 0.2) is 36.5 Å². The number of anilines is 2. The number of amides is 1. The van der Waals surface area contributed by atoms with Gasteiger partial charge < -0.3 is 10.6 Å². The lowest BCUT2D eigenvalue weighted by Crippen LogP contribution is -2.45. The first-order valence-corrected chi connectivity index (χ1v) is 9.12. The summed E-state index contributed by atoms with van der Waals surface area (Å²) in [5, 5.41) is 6.38. The zero-order valence-electron chi connectivity index (χ0n) is 14.6. The molecule has 130 valence electrons. The lowest BCUT2D eigenvalue weighted by Gasteiger charge is -2.33. The number of fused-ring (bicyclic) bond motifs is 1. The van der Waals surface area contributed by atoms with Crippen molar-refractivity contribution in [2.24, 2.45) is 5.92 Å². The van der Waals surface area contributed by atoms with Crippen LogP contribution in [-0.2, 0) is 16.6 Å². The fourth-order valence-corrected chi connectivity index (χ4v) is 3.50. The van der Waals surface area contributed by atoms with Gasteiger partial charge in [-0.1, -0.05) is 18.2 Å². The Kier molecular flexibility index (Phi) is 4.15. The highest BCUT2D eigenvalue weighted by Gasteiger charge is 2.41. The SMILES string of the molecule is CC1(C(=O)NCC2CC2)CCCc2cnc(Nc3ccccc3)nc21. The molecule has 5 nitrogen and oxygen atoms in total. The molecule has 1 aromatic heterocycles. The maximum atomic E-state index is 12.9. The molecule has 2 aliphatic carbocycles. The van der Waals surface area contributed by atoms with Gasteiger partial charge >= 0.3 is 0 Å². The average molecular weight is 336 g/mol.